The molecule has 0 saturated carbocycles. The smallest absolute Gasteiger partial charge is 0.308 e. The van der Waals surface area contributed by atoms with Crippen LogP contribution in [0.2, 0.25) is 0 Å². The average molecular weight is 294 g/mol. The third-order valence-electron chi connectivity index (χ3n) is 2.95. The summed E-state index contributed by atoms with van der Waals surface area (Å²) in [5.74, 6) is -2.99. The van der Waals surface area contributed by atoms with Gasteiger partial charge < -0.3 is 15.1 Å². The Morgan fingerprint density at radius 2 is 1.86 bits per heavy atom. The highest BCUT2D eigenvalue weighted by atomic mass is 16.4. The molecule has 0 aliphatic heterocycles. The highest BCUT2D eigenvalue weighted by molar-refractivity contribution is 5.94. The number of amides is 1. The molecule has 21 heavy (non-hydrogen) atoms. The van der Waals surface area contributed by atoms with Crippen molar-refractivity contribution in [2.45, 2.75) is 19.8 Å². The zero-order chi connectivity index (χ0) is 15.8. The fourth-order valence-electron chi connectivity index (χ4n) is 1.78. The zero-order valence-corrected chi connectivity index (χ0v) is 11.7. The van der Waals surface area contributed by atoms with Gasteiger partial charge in [-0.3, -0.25) is 19.4 Å². The Bertz CT molecular complexity index is 503. The molecule has 0 radical (unpaired) electrons. The lowest BCUT2D eigenvalue weighted by molar-refractivity contribution is -0.142. The van der Waals surface area contributed by atoms with Crippen molar-refractivity contribution in [1.29, 1.82) is 0 Å². The molecule has 1 atom stereocenters. The van der Waals surface area contributed by atoms with Crippen molar-refractivity contribution < 1.29 is 24.6 Å². The topological polar surface area (TPSA) is 108 Å². The van der Waals surface area contributed by atoms with E-state index >= 15 is 0 Å². The van der Waals surface area contributed by atoms with E-state index in [9.17, 15) is 14.4 Å². The first-order valence-electron chi connectivity index (χ1n) is 6.55. The first kappa shape index (κ1) is 16.6. The van der Waals surface area contributed by atoms with Gasteiger partial charge in [0.25, 0.3) is 5.91 Å². The van der Waals surface area contributed by atoms with Gasteiger partial charge in [-0.05, 0) is 18.6 Å². The van der Waals surface area contributed by atoms with Crippen molar-refractivity contribution in [3.05, 3.63) is 30.1 Å². The predicted molar refractivity (Wildman–Crippen MR) is 73.8 cm³/mol. The van der Waals surface area contributed by atoms with E-state index in [1.54, 1.807) is 0 Å². The molecule has 0 aromatic carbocycles. The number of rotatable bonds is 8. The molecule has 0 bridgehead atoms. The summed E-state index contributed by atoms with van der Waals surface area (Å²) < 4.78 is 0. The fraction of sp³-hybridized carbons (Fsp3) is 0.429. The molecule has 1 aromatic rings. The van der Waals surface area contributed by atoms with E-state index in [0.717, 1.165) is 0 Å². The Balaban J connectivity index is 2.77. The molecule has 0 saturated heterocycles. The van der Waals surface area contributed by atoms with Crippen LogP contribution < -0.4 is 0 Å². The van der Waals surface area contributed by atoms with Gasteiger partial charge in [0.15, 0.2) is 0 Å². The van der Waals surface area contributed by atoms with E-state index in [4.69, 9.17) is 10.2 Å². The largest absolute Gasteiger partial charge is 0.481 e. The summed E-state index contributed by atoms with van der Waals surface area (Å²) >= 11 is 0. The first-order valence-corrected chi connectivity index (χ1v) is 6.55. The van der Waals surface area contributed by atoms with Crippen LogP contribution in [-0.2, 0) is 9.59 Å². The van der Waals surface area contributed by atoms with Gasteiger partial charge in [0, 0.05) is 37.5 Å². The lowest BCUT2D eigenvalue weighted by Crippen LogP contribution is -2.37. The number of aromatic nitrogens is 1. The highest BCUT2D eigenvalue weighted by Gasteiger charge is 2.21. The number of nitrogens with zero attached hydrogens (tertiary/aromatic N) is 2. The molecule has 114 valence electrons. The lowest BCUT2D eigenvalue weighted by Gasteiger charge is -2.24. The second-order valence-electron chi connectivity index (χ2n) is 4.72. The van der Waals surface area contributed by atoms with Gasteiger partial charge in [0.1, 0.15) is 0 Å². The van der Waals surface area contributed by atoms with Crippen LogP contribution in [-0.4, -0.2) is 51.0 Å². The molecule has 1 amide bonds. The van der Waals surface area contributed by atoms with Crippen LogP contribution >= 0.6 is 0 Å². The second kappa shape index (κ2) is 7.98. The van der Waals surface area contributed by atoms with E-state index in [-0.39, 0.29) is 31.8 Å². The summed E-state index contributed by atoms with van der Waals surface area (Å²) in [6, 6.07) is 3.08. The van der Waals surface area contributed by atoms with Crippen LogP contribution in [0.1, 0.15) is 30.1 Å². The van der Waals surface area contributed by atoms with Gasteiger partial charge in [0.05, 0.1) is 5.92 Å². The van der Waals surface area contributed by atoms with Crippen LogP contribution in [0.4, 0.5) is 0 Å². The van der Waals surface area contributed by atoms with Gasteiger partial charge in [-0.15, -0.1) is 0 Å². The Hall–Kier alpha value is -2.44. The Morgan fingerprint density at radius 1 is 1.24 bits per heavy atom. The molecule has 2 N–H and O–H groups in total. The van der Waals surface area contributed by atoms with Crippen molar-refractivity contribution >= 4 is 17.8 Å². The van der Waals surface area contributed by atoms with Crippen molar-refractivity contribution in [2.24, 2.45) is 5.92 Å². The second-order valence-corrected chi connectivity index (χ2v) is 4.72. The number of carboxylic acid groups (broad SMARTS) is 2. The summed E-state index contributed by atoms with van der Waals surface area (Å²) in [5.41, 5.74) is 0.401. The maximum absolute atomic E-state index is 12.3. The molecular weight excluding hydrogens is 276 g/mol. The molecule has 1 rings (SSSR count). The first-order chi connectivity index (χ1) is 9.91. The fourth-order valence-corrected chi connectivity index (χ4v) is 1.78. The van der Waals surface area contributed by atoms with Crippen LogP contribution in [0.15, 0.2) is 24.5 Å². The number of aliphatic carboxylic acids is 2. The van der Waals surface area contributed by atoms with E-state index < -0.39 is 17.9 Å². The molecule has 0 aliphatic carbocycles. The summed E-state index contributed by atoms with van der Waals surface area (Å²) in [6.07, 6.45) is 3.16. The van der Waals surface area contributed by atoms with E-state index in [1.807, 2.05) is 0 Å². The Morgan fingerprint density at radius 3 is 2.38 bits per heavy atom. The van der Waals surface area contributed by atoms with Gasteiger partial charge in [-0.2, -0.15) is 0 Å². The molecule has 0 aliphatic rings. The van der Waals surface area contributed by atoms with Gasteiger partial charge in [-0.25, -0.2) is 0 Å². The molecular formula is C14H18N2O5. The third kappa shape index (κ3) is 5.60. The molecule has 0 spiro atoms. The summed E-state index contributed by atoms with van der Waals surface area (Å²) in [7, 11) is 0. The molecule has 1 heterocycles. The molecule has 0 fully saturated rings. The number of hydrogen-bond donors (Lipinski definition) is 2. The normalized spacial score (nSPS) is 11.7. The van der Waals surface area contributed by atoms with Crippen molar-refractivity contribution in [3.8, 4) is 0 Å². The van der Waals surface area contributed by atoms with Gasteiger partial charge in [-0.1, -0.05) is 6.92 Å². The summed E-state index contributed by atoms with van der Waals surface area (Å²) in [4.78, 5) is 39.0. The van der Waals surface area contributed by atoms with E-state index in [0.29, 0.717) is 5.56 Å². The number of carbonyl (C=O) groups excluding carboxylic acids is 1. The maximum Gasteiger partial charge on any atom is 0.308 e. The van der Waals surface area contributed by atoms with Gasteiger partial charge >= 0.3 is 11.9 Å². The quantitative estimate of drug-likeness (QED) is 0.743. The zero-order valence-electron chi connectivity index (χ0n) is 11.7. The lowest BCUT2D eigenvalue weighted by atomic mass is 10.1. The number of carbonyl (C=O) groups is 3. The average Bonchev–Trinajstić information content (AvgIpc) is 2.45. The SMILES string of the molecule is CC(CN(CCCC(=O)O)C(=O)c1ccncc1)C(=O)O. The molecule has 7 heteroatoms. The van der Waals surface area contributed by atoms with Gasteiger partial charge in [0.2, 0.25) is 0 Å². The van der Waals surface area contributed by atoms with Crippen LogP contribution in [0.5, 0.6) is 0 Å². The minimum absolute atomic E-state index is 0.0378. The Labute approximate surface area is 122 Å². The van der Waals surface area contributed by atoms with E-state index in [2.05, 4.69) is 4.98 Å². The van der Waals surface area contributed by atoms with Crippen molar-refractivity contribution in [3.63, 3.8) is 0 Å². The van der Waals surface area contributed by atoms with Crippen molar-refractivity contribution in [1.82, 2.24) is 9.88 Å². The molecule has 1 unspecified atom stereocenters. The number of pyridine rings is 1. The molecule has 1 aromatic heterocycles. The minimum atomic E-state index is -0.999. The van der Waals surface area contributed by atoms with E-state index in [1.165, 1.54) is 36.4 Å². The van der Waals surface area contributed by atoms with Crippen LogP contribution in [0.25, 0.3) is 0 Å². The van der Waals surface area contributed by atoms with Crippen LogP contribution in [0, 0.1) is 5.92 Å². The predicted octanol–water partition coefficient (Wildman–Crippen LogP) is 1.11. The van der Waals surface area contributed by atoms with Crippen molar-refractivity contribution in [2.75, 3.05) is 13.1 Å². The number of carboxylic acids is 2. The minimum Gasteiger partial charge on any atom is -0.481 e. The monoisotopic (exact) mass is 294 g/mol. The maximum atomic E-state index is 12.3. The third-order valence-corrected chi connectivity index (χ3v) is 2.95. The highest BCUT2D eigenvalue weighted by Crippen LogP contribution is 2.09. The number of hydrogen-bond acceptors (Lipinski definition) is 4. The standard InChI is InChI=1S/C14H18N2O5/c1-10(14(20)21)9-16(8-2-3-12(17)18)13(19)11-4-6-15-7-5-11/h4-7,10H,2-3,8-9H2,1H3,(H,17,18)(H,20,21). The summed E-state index contributed by atoms with van der Waals surface area (Å²) in [5, 5.41) is 17.6. The Kier molecular flexibility index (Phi) is 6.32. The van der Waals surface area contributed by atoms with Crippen LogP contribution in [0.3, 0.4) is 0 Å². The summed E-state index contributed by atoms with van der Waals surface area (Å²) in [6.45, 7) is 1.74. The molecule has 7 nitrogen and oxygen atoms in total.